The first-order valence-electron chi connectivity index (χ1n) is 6.90. The molecule has 2 aromatic carbocycles. The van der Waals surface area contributed by atoms with Crippen LogP contribution >= 0.6 is 11.6 Å². The highest BCUT2D eigenvalue weighted by Crippen LogP contribution is 2.18. The largest absolute Gasteiger partial charge is 0.497 e. The second-order valence-corrected chi connectivity index (χ2v) is 5.24. The molecule has 0 unspecified atom stereocenters. The third kappa shape index (κ3) is 4.67. The molecule has 1 amide bonds. The average molecular weight is 320 g/mol. The molecule has 22 heavy (non-hydrogen) atoms. The molecule has 0 aromatic heterocycles. The Bertz CT molecular complexity index is 611. The monoisotopic (exact) mass is 319 g/mol. The van der Waals surface area contributed by atoms with E-state index in [4.69, 9.17) is 21.1 Å². The lowest BCUT2D eigenvalue weighted by molar-refractivity contribution is -0.123. The second kappa shape index (κ2) is 7.71. The Morgan fingerprint density at radius 2 is 1.68 bits per heavy atom. The SMILES string of the molecule is COc1ccc([C@H](C)NC(=O)COc2ccc(Cl)cc2)cc1. The smallest absolute Gasteiger partial charge is 0.258 e. The highest BCUT2D eigenvalue weighted by Gasteiger charge is 2.10. The van der Waals surface area contributed by atoms with E-state index in [2.05, 4.69) is 5.32 Å². The first-order valence-corrected chi connectivity index (χ1v) is 7.28. The highest BCUT2D eigenvalue weighted by atomic mass is 35.5. The van der Waals surface area contributed by atoms with Crippen LogP contribution in [-0.4, -0.2) is 19.6 Å². The molecule has 0 saturated carbocycles. The van der Waals surface area contributed by atoms with E-state index in [1.54, 1.807) is 31.4 Å². The van der Waals surface area contributed by atoms with Gasteiger partial charge in [-0.2, -0.15) is 0 Å². The van der Waals surface area contributed by atoms with Crippen LogP contribution in [-0.2, 0) is 4.79 Å². The number of benzene rings is 2. The molecule has 0 fully saturated rings. The number of ether oxygens (including phenoxy) is 2. The molecule has 5 heteroatoms. The Morgan fingerprint density at radius 3 is 2.27 bits per heavy atom. The minimum Gasteiger partial charge on any atom is -0.497 e. The minimum atomic E-state index is -0.182. The van der Waals surface area contributed by atoms with Gasteiger partial charge in [0, 0.05) is 5.02 Å². The fourth-order valence-corrected chi connectivity index (χ4v) is 2.06. The van der Waals surface area contributed by atoms with Crippen molar-refractivity contribution in [3.05, 3.63) is 59.1 Å². The number of hydrogen-bond acceptors (Lipinski definition) is 3. The van der Waals surface area contributed by atoms with Crippen LogP contribution in [0.1, 0.15) is 18.5 Å². The van der Waals surface area contributed by atoms with Crippen molar-refractivity contribution in [2.75, 3.05) is 13.7 Å². The number of halogens is 1. The van der Waals surface area contributed by atoms with E-state index < -0.39 is 0 Å². The van der Waals surface area contributed by atoms with Crippen molar-refractivity contribution < 1.29 is 14.3 Å². The molecule has 2 rings (SSSR count). The maximum atomic E-state index is 11.9. The molecule has 0 saturated heterocycles. The van der Waals surface area contributed by atoms with Crippen LogP contribution < -0.4 is 14.8 Å². The van der Waals surface area contributed by atoms with Crippen LogP contribution in [0.2, 0.25) is 5.02 Å². The van der Waals surface area contributed by atoms with E-state index in [9.17, 15) is 4.79 Å². The molecule has 1 N–H and O–H groups in total. The molecule has 0 aliphatic heterocycles. The van der Waals surface area contributed by atoms with E-state index in [0.717, 1.165) is 11.3 Å². The Kier molecular flexibility index (Phi) is 5.67. The molecule has 2 aromatic rings. The first kappa shape index (κ1) is 16.2. The molecular formula is C17H18ClNO3. The summed E-state index contributed by atoms with van der Waals surface area (Å²) in [5.41, 5.74) is 1.00. The summed E-state index contributed by atoms with van der Waals surface area (Å²) >= 11 is 5.79. The minimum absolute atomic E-state index is 0.0396. The molecule has 0 aliphatic carbocycles. The molecule has 0 bridgehead atoms. The molecule has 116 valence electrons. The first-order chi connectivity index (χ1) is 10.6. The molecule has 0 radical (unpaired) electrons. The zero-order valence-corrected chi connectivity index (χ0v) is 13.3. The summed E-state index contributed by atoms with van der Waals surface area (Å²) in [5, 5.41) is 3.51. The zero-order chi connectivity index (χ0) is 15.9. The van der Waals surface area contributed by atoms with Gasteiger partial charge in [0.2, 0.25) is 0 Å². The fraction of sp³-hybridized carbons (Fsp3) is 0.235. The van der Waals surface area contributed by atoms with Crippen LogP contribution in [0.4, 0.5) is 0 Å². The van der Waals surface area contributed by atoms with Crippen molar-refractivity contribution in [1.82, 2.24) is 5.32 Å². The van der Waals surface area contributed by atoms with Crippen molar-refractivity contribution in [3.63, 3.8) is 0 Å². The molecule has 0 heterocycles. The number of carbonyl (C=O) groups is 1. The maximum Gasteiger partial charge on any atom is 0.258 e. The number of rotatable bonds is 6. The highest BCUT2D eigenvalue weighted by molar-refractivity contribution is 6.30. The third-order valence-corrected chi connectivity index (χ3v) is 3.43. The van der Waals surface area contributed by atoms with E-state index in [1.807, 2.05) is 31.2 Å². The van der Waals surface area contributed by atoms with Crippen LogP contribution in [0.15, 0.2) is 48.5 Å². The van der Waals surface area contributed by atoms with E-state index >= 15 is 0 Å². The van der Waals surface area contributed by atoms with Crippen molar-refractivity contribution in [2.24, 2.45) is 0 Å². The van der Waals surface area contributed by atoms with Gasteiger partial charge in [0.05, 0.1) is 13.2 Å². The topological polar surface area (TPSA) is 47.6 Å². The van der Waals surface area contributed by atoms with Gasteiger partial charge in [-0.25, -0.2) is 0 Å². The lowest BCUT2D eigenvalue weighted by Crippen LogP contribution is -2.31. The van der Waals surface area contributed by atoms with Crippen LogP contribution in [0.25, 0.3) is 0 Å². The molecular weight excluding hydrogens is 302 g/mol. The van der Waals surface area contributed by atoms with E-state index in [1.165, 1.54) is 0 Å². The number of hydrogen-bond donors (Lipinski definition) is 1. The molecule has 0 aliphatic rings. The Balaban J connectivity index is 1.83. The summed E-state index contributed by atoms with van der Waals surface area (Å²) < 4.78 is 10.5. The third-order valence-electron chi connectivity index (χ3n) is 3.18. The molecule has 4 nitrogen and oxygen atoms in total. The summed E-state index contributed by atoms with van der Waals surface area (Å²) in [6.45, 7) is 1.88. The molecule has 0 spiro atoms. The predicted molar refractivity (Wildman–Crippen MR) is 86.5 cm³/mol. The normalized spacial score (nSPS) is 11.6. The van der Waals surface area contributed by atoms with Gasteiger partial charge in [0.1, 0.15) is 11.5 Å². The summed E-state index contributed by atoms with van der Waals surface area (Å²) in [7, 11) is 1.62. The van der Waals surface area contributed by atoms with Gasteiger partial charge in [0.15, 0.2) is 6.61 Å². The van der Waals surface area contributed by atoms with E-state index in [-0.39, 0.29) is 18.6 Å². The van der Waals surface area contributed by atoms with Gasteiger partial charge in [-0.3, -0.25) is 4.79 Å². The second-order valence-electron chi connectivity index (χ2n) is 4.80. The Morgan fingerprint density at radius 1 is 1.09 bits per heavy atom. The summed E-state index contributed by atoms with van der Waals surface area (Å²) in [5.74, 6) is 1.21. The summed E-state index contributed by atoms with van der Waals surface area (Å²) in [6, 6.07) is 14.3. The van der Waals surface area contributed by atoms with Gasteiger partial charge in [-0.05, 0) is 48.9 Å². The quantitative estimate of drug-likeness (QED) is 0.885. The van der Waals surface area contributed by atoms with Gasteiger partial charge < -0.3 is 14.8 Å². The number of nitrogens with one attached hydrogen (secondary N) is 1. The van der Waals surface area contributed by atoms with Crippen molar-refractivity contribution >= 4 is 17.5 Å². The lowest BCUT2D eigenvalue weighted by Gasteiger charge is -2.15. The molecule has 1 atom stereocenters. The van der Waals surface area contributed by atoms with Gasteiger partial charge in [-0.15, -0.1) is 0 Å². The van der Waals surface area contributed by atoms with Crippen LogP contribution in [0.3, 0.4) is 0 Å². The number of amides is 1. The van der Waals surface area contributed by atoms with E-state index in [0.29, 0.717) is 10.8 Å². The van der Waals surface area contributed by atoms with Crippen LogP contribution in [0.5, 0.6) is 11.5 Å². The Hall–Kier alpha value is -2.20. The number of carbonyl (C=O) groups excluding carboxylic acids is 1. The zero-order valence-electron chi connectivity index (χ0n) is 12.5. The number of methoxy groups -OCH3 is 1. The van der Waals surface area contributed by atoms with Gasteiger partial charge in [0.25, 0.3) is 5.91 Å². The van der Waals surface area contributed by atoms with Gasteiger partial charge >= 0.3 is 0 Å². The predicted octanol–water partition coefficient (Wildman–Crippen LogP) is 3.60. The maximum absolute atomic E-state index is 11.9. The van der Waals surface area contributed by atoms with Crippen LogP contribution in [0, 0.1) is 0 Å². The summed E-state index contributed by atoms with van der Waals surface area (Å²) in [4.78, 5) is 11.9. The fourth-order valence-electron chi connectivity index (χ4n) is 1.94. The standard InChI is InChI=1S/C17H18ClNO3/c1-12(13-3-7-15(21-2)8-4-13)19-17(20)11-22-16-9-5-14(18)6-10-16/h3-10,12H,11H2,1-2H3,(H,19,20)/t12-/m0/s1. The van der Waals surface area contributed by atoms with Crippen molar-refractivity contribution in [3.8, 4) is 11.5 Å². The Labute approximate surface area is 135 Å². The summed E-state index contributed by atoms with van der Waals surface area (Å²) in [6.07, 6.45) is 0. The van der Waals surface area contributed by atoms with Crippen molar-refractivity contribution in [1.29, 1.82) is 0 Å². The van der Waals surface area contributed by atoms with Crippen molar-refractivity contribution in [2.45, 2.75) is 13.0 Å². The lowest BCUT2D eigenvalue weighted by atomic mass is 10.1. The van der Waals surface area contributed by atoms with Gasteiger partial charge in [-0.1, -0.05) is 23.7 Å². The average Bonchev–Trinajstić information content (AvgIpc) is 2.54.